The van der Waals surface area contributed by atoms with Crippen LogP contribution in [0.1, 0.15) is 45.7 Å². The fraction of sp³-hybridized carbons (Fsp3) is 0.538. The highest BCUT2D eigenvalue weighted by Gasteiger charge is 2.20. The number of hydrogen-bond acceptors (Lipinski definition) is 0. The van der Waals surface area contributed by atoms with Gasteiger partial charge in [-0.3, -0.25) is 0 Å². The van der Waals surface area contributed by atoms with Crippen LogP contribution in [0.25, 0.3) is 0 Å². The first kappa shape index (κ1) is 14.1. The molecule has 0 amide bonds. The lowest BCUT2D eigenvalue weighted by Crippen LogP contribution is -2.14. The van der Waals surface area contributed by atoms with Crippen molar-refractivity contribution in [1.82, 2.24) is 0 Å². The van der Waals surface area contributed by atoms with Crippen molar-refractivity contribution < 1.29 is 8.78 Å². The predicted molar refractivity (Wildman–Crippen MR) is 61.1 cm³/mol. The van der Waals surface area contributed by atoms with Crippen molar-refractivity contribution in [3.63, 3.8) is 0 Å². The first-order chi connectivity index (χ1) is 6.84. The molecule has 0 saturated heterocycles. The van der Waals surface area contributed by atoms with Crippen molar-refractivity contribution in [3.05, 3.63) is 34.9 Å². The van der Waals surface area contributed by atoms with Gasteiger partial charge in [-0.2, -0.15) is 0 Å². The van der Waals surface area contributed by atoms with E-state index in [9.17, 15) is 8.78 Å². The Kier molecular flexibility index (Phi) is 4.92. The monoisotopic (exact) mass is 214 g/mol. The lowest BCUT2D eigenvalue weighted by atomic mass is 9.85. The van der Waals surface area contributed by atoms with Crippen LogP contribution in [-0.4, -0.2) is 0 Å². The summed E-state index contributed by atoms with van der Waals surface area (Å²) in [5.74, 6) is -0.905. The Morgan fingerprint density at radius 2 is 1.47 bits per heavy atom. The molecular weight excluding hydrogens is 194 g/mol. The highest BCUT2D eigenvalue weighted by molar-refractivity contribution is 5.31. The topological polar surface area (TPSA) is 0 Å². The molecule has 0 unspecified atom stereocenters. The van der Waals surface area contributed by atoms with E-state index >= 15 is 0 Å². The minimum Gasteiger partial charge on any atom is -0.207 e. The van der Waals surface area contributed by atoms with E-state index in [2.05, 4.69) is 0 Å². The molecule has 0 aliphatic carbocycles. The fourth-order valence-corrected chi connectivity index (χ4v) is 1.24. The Hall–Kier alpha value is -0.920. The van der Waals surface area contributed by atoms with Gasteiger partial charge >= 0.3 is 0 Å². The fourth-order valence-electron chi connectivity index (χ4n) is 1.24. The van der Waals surface area contributed by atoms with Crippen LogP contribution in [0.2, 0.25) is 0 Å². The van der Waals surface area contributed by atoms with Gasteiger partial charge in [-0.25, -0.2) is 8.78 Å². The van der Waals surface area contributed by atoms with Crippen molar-refractivity contribution in [1.29, 1.82) is 0 Å². The summed E-state index contributed by atoms with van der Waals surface area (Å²) in [7, 11) is 0. The van der Waals surface area contributed by atoms with E-state index in [-0.39, 0.29) is 11.0 Å². The molecule has 1 aromatic rings. The van der Waals surface area contributed by atoms with Crippen LogP contribution in [0.5, 0.6) is 0 Å². The molecule has 15 heavy (non-hydrogen) atoms. The number of hydrogen-bond donors (Lipinski definition) is 0. The van der Waals surface area contributed by atoms with Gasteiger partial charge in [0.2, 0.25) is 0 Å². The van der Waals surface area contributed by atoms with Crippen LogP contribution in [0, 0.1) is 18.6 Å². The molecule has 0 spiro atoms. The predicted octanol–water partition coefficient (Wildman–Crippen LogP) is 4.60. The molecule has 0 bridgehead atoms. The van der Waals surface area contributed by atoms with Crippen molar-refractivity contribution in [2.75, 3.05) is 0 Å². The van der Waals surface area contributed by atoms with Gasteiger partial charge in [0.1, 0.15) is 11.6 Å². The second-order valence-corrected chi connectivity index (χ2v) is 4.28. The maximum atomic E-state index is 13.5. The van der Waals surface area contributed by atoms with E-state index in [4.69, 9.17) is 0 Å². The Morgan fingerprint density at radius 1 is 1.00 bits per heavy atom. The van der Waals surface area contributed by atoms with Gasteiger partial charge < -0.3 is 0 Å². The quantitative estimate of drug-likeness (QED) is 0.592. The zero-order chi connectivity index (χ0) is 12.2. The zero-order valence-electron chi connectivity index (χ0n) is 10.4. The molecule has 0 N–H and O–H groups in total. The SMILES string of the molecule is CC.Cc1c(F)ccc(C(C)(C)C)c1F. The molecule has 0 saturated carbocycles. The van der Waals surface area contributed by atoms with Crippen LogP contribution < -0.4 is 0 Å². The highest BCUT2D eigenvalue weighted by Crippen LogP contribution is 2.27. The summed E-state index contributed by atoms with van der Waals surface area (Å²) in [5, 5.41) is 0. The summed E-state index contributed by atoms with van der Waals surface area (Å²) in [4.78, 5) is 0. The molecule has 0 atom stereocenters. The van der Waals surface area contributed by atoms with Crippen LogP contribution in [0.15, 0.2) is 12.1 Å². The van der Waals surface area contributed by atoms with E-state index in [1.54, 1.807) is 0 Å². The van der Waals surface area contributed by atoms with Crippen molar-refractivity contribution >= 4 is 0 Å². The van der Waals surface area contributed by atoms with Crippen molar-refractivity contribution in [3.8, 4) is 0 Å². The largest absolute Gasteiger partial charge is 0.207 e. The van der Waals surface area contributed by atoms with E-state index in [1.807, 2.05) is 34.6 Å². The lowest BCUT2D eigenvalue weighted by molar-refractivity contribution is 0.503. The smallest absolute Gasteiger partial charge is 0.132 e. The molecule has 0 heterocycles. The molecule has 2 heteroatoms. The van der Waals surface area contributed by atoms with E-state index in [0.29, 0.717) is 5.56 Å². The normalized spacial score (nSPS) is 10.7. The number of benzene rings is 1. The molecule has 0 aromatic heterocycles. The Morgan fingerprint density at radius 3 is 1.87 bits per heavy atom. The van der Waals surface area contributed by atoms with E-state index < -0.39 is 11.6 Å². The van der Waals surface area contributed by atoms with Crippen LogP contribution in [0.4, 0.5) is 8.78 Å². The minimum absolute atomic E-state index is 0.104. The number of halogens is 2. The summed E-state index contributed by atoms with van der Waals surface area (Å²) < 4.78 is 26.4. The van der Waals surface area contributed by atoms with Crippen LogP contribution in [0.3, 0.4) is 0 Å². The Bertz CT molecular complexity index is 322. The Balaban J connectivity index is 0.000000921. The standard InChI is InChI=1S/C11H14F2.C2H6/c1-7-9(12)6-5-8(10(7)13)11(2,3)4;1-2/h5-6H,1-4H3;1-2H3. The third kappa shape index (κ3) is 3.29. The van der Waals surface area contributed by atoms with E-state index in [1.165, 1.54) is 19.1 Å². The minimum atomic E-state index is -0.481. The summed E-state index contributed by atoms with van der Waals surface area (Å²) in [6, 6.07) is 2.83. The molecule has 0 fully saturated rings. The first-order valence-corrected chi connectivity index (χ1v) is 5.29. The lowest BCUT2D eigenvalue weighted by Gasteiger charge is -2.20. The van der Waals surface area contributed by atoms with Gasteiger partial charge in [0.15, 0.2) is 0 Å². The molecule has 0 nitrogen and oxygen atoms in total. The first-order valence-electron chi connectivity index (χ1n) is 5.29. The Labute approximate surface area is 91.3 Å². The molecule has 0 aliphatic heterocycles. The summed E-state index contributed by atoms with van der Waals surface area (Å²) in [5.41, 5.74) is 0.390. The second-order valence-electron chi connectivity index (χ2n) is 4.28. The van der Waals surface area contributed by atoms with Crippen LogP contribution >= 0.6 is 0 Å². The molecule has 86 valence electrons. The summed E-state index contributed by atoms with van der Waals surface area (Å²) >= 11 is 0. The zero-order valence-corrected chi connectivity index (χ0v) is 10.4. The van der Waals surface area contributed by atoms with Crippen molar-refractivity contribution in [2.45, 2.75) is 47.0 Å². The van der Waals surface area contributed by atoms with Gasteiger partial charge in [0.25, 0.3) is 0 Å². The molecule has 0 aliphatic rings. The van der Waals surface area contributed by atoms with Gasteiger partial charge in [-0.1, -0.05) is 40.7 Å². The van der Waals surface area contributed by atoms with E-state index in [0.717, 1.165) is 0 Å². The molecule has 0 radical (unpaired) electrons. The molecular formula is C13H20F2. The maximum Gasteiger partial charge on any atom is 0.132 e. The van der Waals surface area contributed by atoms with Crippen LogP contribution in [-0.2, 0) is 5.41 Å². The summed E-state index contributed by atoms with van der Waals surface area (Å²) in [6.45, 7) is 11.2. The number of rotatable bonds is 0. The second kappa shape index (κ2) is 5.24. The average Bonchev–Trinajstić information content (AvgIpc) is 2.15. The van der Waals surface area contributed by atoms with Gasteiger partial charge in [-0.15, -0.1) is 0 Å². The maximum absolute atomic E-state index is 13.5. The van der Waals surface area contributed by atoms with Gasteiger partial charge in [0.05, 0.1) is 0 Å². The highest BCUT2D eigenvalue weighted by atomic mass is 19.1. The summed E-state index contributed by atoms with van der Waals surface area (Å²) in [6.07, 6.45) is 0. The van der Waals surface area contributed by atoms with Crippen molar-refractivity contribution in [2.24, 2.45) is 0 Å². The molecule has 1 rings (SSSR count). The third-order valence-corrected chi connectivity index (χ3v) is 2.13. The average molecular weight is 214 g/mol. The molecule has 1 aromatic carbocycles. The van der Waals surface area contributed by atoms with Gasteiger partial charge in [-0.05, 0) is 24.0 Å². The van der Waals surface area contributed by atoms with Gasteiger partial charge in [0, 0.05) is 5.56 Å². The third-order valence-electron chi connectivity index (χ3n) is 2.13.